The van der Waals surface area contributed by atoms with Crippen LogP contribution < -0.4 is 0 Å². The monoisotopic (exact) mass is 248 g/mol. The van der Waals surface area contributed by atoms with Gasteiger partial charge in [-0.05, 0) is 6.07 Å². The molecule has 0 atom stereocenters. The molecule has 90 valence electrons. The molecule has 0 saturated carbocycles. The molecule has 19 heavy (non-hydrogen) atoms. The van der Waals surface area contributed by atoms with Gasteiger partial charge < -0.3 is 4.98 Å². The number of carbonyl (C=O) groups excluding carboxylic acids is 1. The lowest BCUT2D eigenvalue weighted by atomic mass is 10.1. The summed E-state index contributed by atoms with van der Waals surface area (Å²) in [5.74, 6) is -0.248. The molecule has 0 aliphatic carbocycles. The molecule has 0 amide bonds. The van der Waals surface area contributed by atoms with Gasteiger partial charge in [0, 0.05) is 22.7 Å². The number of para-hydroxylation sites is 1. The molecule has 0 spiro atoms. The molecule has 2 aromatic heterocycles. The van der Waals surface area contributed by atoms with E-state index in [4.69, 9.17) is 5.26 Å². The Hall–Kier alpha value is -3.00. The van der Waals surface area contributed by atoms with E-state index >= 15 is 0 Å². The minimum Gasteiger partial charge on any atom is -0.360 e. The Morgan fingerprint density at radius 1 is 1.26 bits per heavy atom. The van der Waals surface area contributed by atoms with Crippen LogP contribution in [0.3, 0.4) is 0 Å². The molecule has 0 fully saturated rings. The molecule has 5 nitrogen and oxygen atoms in total. The summed E-state index contributed by atoms with van der Waals surface area (Å²) in [4.78, 5) is 23.2. The third-order valence-corrected chi connectivity index (χ3v) is 2.82. The molecule has 0 unspecified atom stereocenters. The van der Waals surface area contributed by atoms with Gasteiger partial charge in [0.25, 0.3) is 0 Å². The summed E-state index contributed by atoms with van der Waals surface area (Å²) in [6, 6.07) is 9.38. The van der Waals surface area contributed by atoms with Crippen molar-refractivity contribution < 1.29 is 4.79 Å². The lowest BCUT2D eigenvalue weighted by Gasteiger charge is -1.98. The zero-order chi connectivity index (χ0) is 13.2. The minimum atomic E-state index is -0.248. The summed E-state index contributed by atoms with van der Waals surface area (Å²) in [7, 11) is 0. The van der Waals surface area contributed by atoms with Gasteiger partial charge in [0.2, 0.25) is 5.78 Å². The molecule has 1 N–H and O–H groups in total. The van der Waals surface area contributed by atoms with Crippen LogP contribution in [-0.2, 0) is 0 Å². The van der Waals surface area contributed by atoms with Crippen LogP contribution in [-0.4, -0.2) is 20.7 Å². The average molecular weight is 248 g/mol. The van der Waals surface area contributed by atoms with Gasteiger partial charge in [0.05, 0.1) is 12.4 Å². The zero-order valence-corrected chi connectivity index (χ0v) is 9.79. The molecular weight excluding hydrogens is 240 g/mol. The highest BCUT2D eigenvalue weighted by Gasteiger charge is 2.15. The van der Waals surface area contributed by atoms with E-state index in [9.17, 15) is 4.79 Å². The van der Waals surface area contributed by atoms with E-state index in [1.54, 1.807) is 6.20 Å². The van der Waals surface area contributed by atoms with Crippen molar-refractivity contribution in [2.45, 2.75) is 0 Å². The lowest BCUT2D eigenvalue weighted by Crippen LogP contribution is -2.05. The maximum Gasteiger partial charge on any atom is 0.215 e. The first-order valence-electron chi connectivity index (χ1n) is 5.62. The number of aromatic nitrogens is 3. The van der Waals surface area contributed by atoms with Gasteiger partial charge in [-0.3, -0.25) is 9.78 Å². The SMILES string of the molecule is N#Cc1cncc(C(=O)c2c[nH]c3ccccc23)n1. The van der Waals surface area contributed by atoms with E-state index in [0.29, 0.717) is 5.56 Å². The van der Waals surface area contributed by atoms with Crippen molar-refractivity contribution in [3.05, 3.63) is 59.8 Å². The van der Waals surface area contributed by atoms with Crippen LogP contribution >= 0.6 is 0 Å². The van der Waals surface area contributed by atoms with Gasteiger partial charge in [-0.2, -0.15) is 5.26 Å². The number of aromatic amines is 1. The first-order valence-corrected chi connectivity index (χ1v) is 5.62. The summed E-state index contributed by atoms with van der Waals surface area (Å²) in [6.45, 7) is 0. The van der Waals surface area contributed by atoms with Crippen molar-refractivity contribution in [3.8, 4) is 6.07 Å². The fourth-order valence-corrected chi connectivity index (χ4v) is 1.93. The molecule has 1 aromatic carbocycles. The van der Waals surface area contributed by atoms with Crippen molar-refractivity contribution in [1.29, 1.82) is 5.26 Å². The highest BCUT2D eigenvalue weighted by atomic mass is 16.1. The van der Waals surface area contributed by atoms with Crippen LogP contribution in [0.1, 0.15) is 21.7 Å². The van der Waals surface area contributed by atoms with Crippen molar-refractivity contribution in [2.75, 3.05) is 0 Å². The highest BCUT2D eigenvalue weighted by Crippen LogP contribution is 2.20. The van der Waals surface area contributed by atoms with Gasteiger partial charge in [-0.25, -0.2) is 4.98 Å². The maximum absolute atomic E-state index is 12.4. The maximum atomic E-state index is 12.4. The van der Waals surface area contributed by atoms with Crippen molar-refractivity contribution in [1.82, 2.24) is 15.0 Å². The van der Waals surface area contributed by atoms with Crippen LogP contribution in [0, 0.1) is 11.3 Å². The third kappa shape index (κ3) is 1.85. The first kappa shape index (κ1) is 11.1. The molecule has 3 aromatic rings. The topological polar surface area (TPSA) is 82.4 Å². The largest absolute Gasteiger partial charge is 0.360 e. The minimum absolute atomic E-state index is 0.130. The molecule has 0 aliphatic heterocycles. The van der Waals surface area contributed by atoms with Crippen molar-refractivity contribution in [3.63, 3.8) is 0 Å². The molecule has 0 aliphatic rings. The standard InChI is InChI=1S/C14H8N4O/c15-5-9-6-16-8-13(18-9)14(19)11-7-17-12-4-2-1-3-10(11)12/h1-4,6-8,17H. The number of fused-ring (bicyclic) bond motifs is 1. The van der Waals surface area contributed by atoms with Crippen molar-refractivity contribution >= 4 is 16.7 Å². The predicted octanol–water partition coefficient (Wildman–Crippen LogP) is 2.06. The number of hydrogen-bond donors (Lipinski definition) is 1. The number of rotatable bonds is 2. The summed E-state index contributed by atoms with van der Waals surface area (Å²) in [5.41, 5.74) is 1.71. The number of hydrogen-bond acceptors (Lipinski definition) is 4. The second-order valence-electron chi connectivity index (χ2n) is 3.98. The molecular formula is C14H8N4O. The van der Waals surface area contributed by atoms with Gasteiger partial charge in [-0.1, -0.05) is 18.2 Å². The Labute approximate surface area is 108 Å². The Kier molecular flexibility index (Phi) is 2.54. The fraction of sp³-hybridized carbons (Fsp3) is 0. The van der Waals surface area contributed by atoms with Gasteiger partial charge in [-0.15, -0.1) is 0 Å². The fourth-order valence-electron chi connectivity index (χ4n) is 1.93. The third-order valence-electron chi connectivity index (χ3n) is 2.82. The summed E-state index contributed by atoms with van der Waals surface area (Å²) in [5, 5.41) is 9.61. The van der Waals surface area contributed by atoms with Gasteiger partial charge in [0.1, 0.15) is 11.8 Å². The Morgan fingerprint density at radius 2 is 2.11 bits per heavy atom. The molecule has 0 bridgehead atoms. The lowest BCUT2D eigenvalue weighted by molar-refractivity contribution is 0.103. The van der Waals surface area contributed by atoms with Crippen LogP contribution in [0.4, 0.5) is 0 Å². The molecule has 2 heterocycles. The van der Waals surface area contributed by atoms with Crippen molar-refractivity contribution in [2.24, 2.45) is 0 Å². The smallest absolute Gasteiger partial charge is 0.215 e. The summed E-state index contributed by atoms with van der Waals surface area (Å²) < 4.78 is 0. The van der Waals surface area contributed by atoms with Gasteiger partial charge in [0.15, 0.2) is 5.69 Å². The second-order valence-corrected chi connectivity index (χ2v) is 3.98. The number of nitriles is 1. The Balaban J connectivity index is 2.11. The van der Waals surface area contributed by atoms with Crippen LogP contribution in [0.15, 0.2) is 42.9 Å². The first-order chi connectivity index (χ1) is 9.29. The Bertz CT molecular complexity index is 813. The van der Waals surface area contributed by atoms with Crippen LogP contribution in [0.5, 0.6) is 0 Å². The average Bonchev–Trinajstić information content (AvgIpc) is 2.90. The number of carbonyl (C=O) groups is 1. The molecule has 3 rings (SSSR count). The second kappa shape index (κ2) is 4.35. The molecule has 5 heteroatoms. The predicted molar refractivity (Wildman–Crippen MR) is 68.5 cm³/mol. The van der Waals surface area contributed by atoms with Crippen LogP contribution in [0.2, 0.25) is 0 Å². The molecule has 0 saturated heterocycles. The van der Waals surface area contributed by atoms with Gasteiger partial charge >= 0.3 is 0 Å². The summed E-state index contributed by atoms with van der Waals surface area (Å²) in [6.07, 6.45) is 4.34. The zero-order valence-electron chi connectivity index (χ0n) is 9.79. The van der Waals surface area contributed by atoms with E-state index in [1.807, 2.05) is 30.3 Å². The summed E-state index contributed by atoms with van der Waals surface area (Å²) >= 11 is 0. The molecule has 0 radical (unpaired) electrons. The van der Waals surface area contributed by atoms with E-state index in [0.717, 1.165) is 10.9 Å². The quantitative estimate of drug-likeness (QED) is 0.703. The number of ketones is 1. The Morgan fingerprint density at radius 3 is 2.95 bits per heavy atom. The number of nitrogens with zero attached hydrogens (tertiary/aromatic N) is 3. The normalized spacial score (nSPS) is 10.3. The van der Waals surface area contributed by atoms with E-state index in [1.165, 1.54) is 12.4 Å². The number of H-pyrrole nitrogens is 1. The van der Waals surface area contributed by atoms with E-state index in [-0.39, 0.29) is 17.2 Å². The van der Waals surface area contributed by atoms with E-state index < -0.39 is 0 Å². The van der Waals surface area contributed by atoms with Crippen LogP contribution in [0.25, 0.3) is 10.9 Å². The number of nitrogens with one attached hydrogen (secondary N) is 1. The highest BCUT2D eigenvalue weighted by molar-refractivity contribution is 6.15. The number of benzene rings is 1. The van der Waals surface area contributed by atoms with E-state index in [2.05, 4.69) is 15.0 Å².